The molecule has 0 saturated carbocycles. The Labute approximate surface area is 129 Å². The van der Waals surface area contributed by atoms with Crippen LogP contribution in [0.15, 0.2) is 46.9 Å². The summed E-state index contributed by atoms with van der Waals surface area (Å²) in [7, 11) is 0. The zero-order valence-electron chi connectivity index (χ0n) is 11.8. The smallest absolute Gasteiger partial charge is 0.287 e. The second-order valence-corrected chi connectivity index (χ2v) is 5.01. The fraction of sp³-hybridized carbons (Fsp3) is 0.312. The fourth-order valence-electron chi connectivity index (χ4n) is 1.88. The van der Waals surface area contributed by atoms with Crippen molar-refractivity contribution in [3.8, 4) is 0 Å². The molecule has 1 N–H and O–H groups in total. The molecule has 0 aliphatic heterocycles. The molecule has 112 valence electrons. The Morgan fingerprint density at radius 2 is 2.05 bits per heavy atom. The summed E-state index contributed by atoms with van der Waals surface area (Å²) in [5.74, 6) is -0.0448. The van der Waals surface area contributed by atoms with E-state index in [0.717, 1.165) is 12.0 Å². The lowest BCUT2D eigenvalue weighted by Gasteiger charge is -2.13. The van der Waals surface area contributed by atoms with Gasteiger partial charge in [0.15, 0.2) is 11.0 Å². The lowest BCUT2D eigenvalue weighted by Crippen LogP contribution is -2.24. The first kappa shape index (κ1) is 15.6. The second-order valence-electron chi connectivity index (χ2n) is 4.64. The largest absolute Gasteiger partial charge is 0.440 e. The number of amides is 1. The lowest BCUT2D eigenvalue weighted by molar-refractivity contribution is 0.0633. The van der Waals surface area contributed by atoms with Gasteiger partial charge in [0.25, 0.3) is 5.91 Å². The fourth-order valence-corrected chi connectivity index (χ4v) is 2.02. The first-order chi connectivity index (χ1) is 10.2. The van der Waals surface area contributed by atoms with Gasteiger partial charge in [-0.1, -0.05) is 30.3 Å². The Hall–Kier alpha value is -1.78. The number of nitrogens with one attached hydrogen (secondary N) is 1. The first-order valence-electron chi connectivity index (χ1n) is 6.87. The Morgan fingerprint density at radius 3 is 2.71 bits per heavy atom. The molecular formula is C16H18ClNO3. The highest BCUT2D eigenvalue weighted by Crippen LogP contribution is 2.16. The molecule has 0 saturated heterocycles. The van der Waals surface area contributed by atoms with Crippen molar-refractivity contribution in [1.82, 2.24) is 5.32 Å². The van der Waals surface area contributed by atoms with Crippen LogP contribution in [0.2, 0.25) is 5.22 Å². The maximum Gasteiger partial charge on any atom is 0.287 e. The molecule has 2 rings (SSSR count). The third-order valence-electron chi connectivity index (χ3n) is 3.04. The molecular weight excluding hydrogens is 290 g/mol. The van der Waals surface area contributed by atoms with E-state index < -0.39 is 0 Å². The van der Waals surface area contributed by atoms with Crippen molar-refractivity contribution >= 4 is 17.5 Å². The van der Waals surface area contributed by atoms with Crippen LogP contribution >= 0.6 is 11.6 Å². The topological polar surface area (TPSA) is 51.5 Å². The zero-order chi connectivity index (χ0) is 15.1. The van der Waals surface area contributed by atoms with Crippen LogP contribution in [-0.4, -0.2) is 19.1 Å². The van der Waals surface area contributed by atoms with Crippen molar-refractivity contribution in [3.05, 3.63) is 59.0 Å². The van der Waals surface area contributed by atoms with Crippen LogP contribution in [0.3, 0.4) is 0 Å². The van der Waals surface area contributed by atoms with Crippen LogP contribution in [0.25, 0.3) is 0 Å². The number of halogens is 1. The number of benzene rings is 1. The number of carbonyl (C=O) groups excluding carboxylic acids is 1. The van der Waals surface area contributed by atoms with E-state index in [1.165, 1.54) is 0 Å². The molecule has 0 unspecified atom stereocenters. The predicted octanol–water partition coefficient (Wildman–Crippen LogP) is 3.83. The van der Waals surface area contributed by atoms with Gasteiger partial charge in [0.2, 0.25) is 0 Å². The van der Waals surface area contributed by atoms with E-state index in [1.807, 2.05) is 37.3 Å². The Kier molecular flexibility index (Phi) is 5.84. The van der Waals surface area contributed by atoms with E-state index >= 15 is 0 Å². The summed E-state index contributed by atoms with van der Waals surface area (Å²) in [6.07, 6.45) is 0.781. The highest BCUT2D eigenvalue weighted by Gasteiger charge is 2.09. The zero-order valence-corrected chi connectivity index (χ0v) is 12.6. The molecule has 0 fully saturated rings. The molecule has 1 atom stereocenters. The minimum Gasteiger partial charge on any atom is -0.440 e. The molecule has 2 aromatic rings. The Morgan fingerprint density at radius 1 is 1.29 bits per heavy atom. The van der Waals surface area contributed by atoms with Gasteiger partial charge in [-0.2, -0.15) is 0 Å². The number of ether oxygens (including phenoxy) is 1. The van der Waals surface area contributed by atoms with E-state index in [4.69, 9.17) is 20.8 Å². The van der Waals surface area contributed by atoms with Crippen molar-refractivity contribution in [3.63, 3.8) is 0 Å². The molecule has 1 amide bonds. The van der Waals surface area contributed by atoms with Gasteiger partial charge >= 0.3 is 0 Å². The molecule has 0 aliphatic carbocycles. The van der Waals surface area contributed by atoms with E-state index in [1.54, 1.807) is 12.1 Å². The first-order valence-corrected chi connectivity index (χ1v) is 7.24. The monoisotopic (exact) mass is 307 g/mol. The molecule has 0 radical (unpaired) electrons. The molecule has 1 aromatic heterocycles. The van der Waals surface area contributed by atoms with Gasteiger partial charge < -0.3 is 14.5 Å². The average Bonchev–Trinajstić information content (AvgIpc) is 2.94. The van der Waals surface area contributed by atoms with Crippen molar-refractivity contribution in [2.45, 2.75) is 19.4 Å². The van der Waals surface area contributed by atoms with E-state index in [2.05, 4.69) is 5.32 Å². The third kappa shape index (κ3) is 4.92. The van der Waals surface area contributed by atoms with Crippen LogP contribution in [-0.2, 0) is 4.74 Å². The number of carbonyl (C=O) groups is 1. The molecule has 5 heteroatoms. The normalized spacial score (nSPS) is 12.1. The average molecular weight is 308 g/mol. The van der Waals surface area contributed by atoms with Gasteiger partial charge in [0.05, 0.1) is 6.10 Å². The minimum absolute atomic E-state index is 0.0470. The van der Waals surface area contributed by atoms with E-state index in [0.29, 0.717) is 13.2 Å². The molecule has 1 heterocycles. The maximum absolute atomic E-state index is 11.7. The molecule has 4 nitrogen and oxygen atoms in total. The highest BCUT2D eigenvalue weighted by molar-refractivity contribution is 6.29. The van der Waals surface area contributed by atoms with Gasteiger partial charge in [0.1, 0.15) is 0 Å². The second kappa shape index (κ2) is 7.86. The summed E-state index contributed by atoms with van der Waals surface area (Å²) in [5.41, 5.74) is 1.15. The lowest BCUT2D eigenvalue weighted by atomic mass is 10.1. The van der Waals surface area contributed by atoms with Gasteiger partial charge in [-0.05, 0) is 42.6 Å². The van der Waals surface area contributed by atoms with Gasteiger partial charge in [-0.3, -0.25) is 4.79 Å². The van der Waals surface area contributed by atoms with E-state index in [-0.39, 0.29) is 23.0 Å². The molecule has 21 heavy (non-hydrogen) atoms. The van der Waals surface area contributed by atoms with Crippen molar-refractivity contribution in [1.29, 1.82) is 0 Å². The van der Waals surface area contributed by atoms with Crippen LogP contribution in [0.5, 0.6) is 0 Å². The Bertz CT molecular complexity index is 568. The SMILES string of the molecule is C[C@H](OCCCNC(=O)c1ccc(Cl)o1)c1ccccc1. The van der Waals surface area contributed by atoms with Gasteiger partial charge in [-0.25, -0.2) is 0 Å². The summed E-state index contributed by atoms with van der Waals surface area (Å²) in [4.78, 5) is 11.7. The summed E-state index contributed by atoms with van der Waals surface area (Å²) in [6, 6.07) is 13.1. The summed E-state index contributed by atoms with van der Waals surface area (Å²) in [6.45, 7) is 3.12. The molecule has 1 aromatic carbocycles. The van der Waals surface area contributed by atoms with Gasteiger partial charge in [-0.15, -0.1) is 0 Å². The number of furan rings is 1. The summed E-state index contributed by atoms with van der Waals surface area (Å²) < 4.78 is 10.7. The highest BCUT2D eigenvalue weighted by atomic mass is 35.5. The van der Waals surface area contributed by atoms with Crippen molar-refractivity contribution in [2.75, 3.05) is 13.2 Å². The number of hydrogen-bond donors (Lipinski definition) is 1. The maximum atomic E-state index is 11.7. The summed E-state index contributed by atoms with van der Waals surface area (Å²) in [5, 5.41) is 2.96. The van der Waals surface area contributed by atoms with Crippen molar-refractivity contribution in [2.24, 2.45) is 0 Å². The van der Waals surface area contributed by atoms with E-state index in [9.17, 15) is 4.79 Å². The van der Waals surface area contributed by atoms with Gasteiger partial charge in [0, 0.05) is 13.2 Å². The molecule has 0 spiro atoms. The minimum atomic E-state index is -0.266. The molecule has 0 bridgehead atoms. The predicted molar refractivity (Wildman–Crippen MR) is 81.5 cm³/mol. The summed E-state index contributed by atoms with van der Waals surface area (Å²) >= 11 is 5.61. The van der Waals surface area contributed by atoms with Crippen LogP contribution in [0.4, 0.5) is 0 Å². The van der Waals surface area contributed by atoms with Crippen LogP contribution < -0.4 is 5.32 Å². The number of rotatable bonds is 7. The molecule has 0 aliphatic rings. The standard InChI is InChI=1S/C16H18ClNO3/c1-12(13-6-3-2-4-7-13)20-11-5-10-18-16(19)14-8-9-15(17)21-14/h2-4,6-9,12H,5,10-11H2,1H3,(H,18,19)/t12-/m0/s1. The van der Waals surface area contributed by atoms with Crippen molar-refractivity contribution < 1.29 is 13.9 Å². The van der Waals surface area contributed by atoms with Crippen LogP contribution in [0, 0.1) is 0 Å². The van der Waals surface area contributed by atoms with Crippen LogP contribution in [0.1, 0.15) is 35.6 Å². The third-order valence-corrected chi connectivity index (χ3v) is 3.24. The Balaban J connectivity index is 1.63. The number of hydrogen-bond acceptors (Lipinski definition) is 3. The quantitative estimate of drug-likeness (QED) is 0.791.